The van der Waals surface area contributed by atoms with Crippen LogP contribution >= 0.6 is 20.3 Å². The van der Waals surface area contributed by atoms with Crippen molar-refractivity contribution in [3.8, 4) is 5.75 Å². The molecule has 0 aromatic carbocycles. The van der Waals surface area contributed by atoms with E-state index >= 15 is 0 Å². The van der Waals surface area contributed by atoms with Crippen molar-refractivity contribution < 1.29 is 4.79 Å². The van der Waals surface area contributed by atoms with Gasteiger partial charge in [0.2, 0.25) is 0 Å². The van der Waals surface area contributed by atoms with E-state index in [2.05, 4.69) is 19.8 Å². The molecule has 0 spiro atoms. The molecule has 38 valence electrons. The summed E-state index contributed by atoms with van der Waals surface area (Å²) in [7, 11) is 3.47. The monoisotopic (exact) mass is 135 g/mol. The van der Waals surface area contributed by atoms with Gasteiger partial charge in [0.1, 0.15) is 0 Å². The molecule has 0 atom stereocenters. The fourth-order valence-corrected chi connectivity index (χ4v) is 0.287. The third-order valence-corrected chi connectivity index (χ3v) is 0.671. The summed E-state index contributed by atoms with van der Waals surface area (Å²) in [6.07, 6.45) is 0. The zero-order valence-electron chi connectivity index (χ0n) is 3.44. The Labute approximate surface area is 48.7 Å². The third-order valence-electron chi connectivity index (χ3n) is 0.317. The molecule has 0 saturated heterocycles. The Morgan fingerprint density at radius 1 is 2.00 bits per heavy atom. The number of amides is 1. The minimum atomic E-state index is -0.295. The second-order valence-electron chi connectivity index (χ2n) is 0.794. The molecule has 0 aliphatic carbocycles. The van der Waals surface area contributed by atoms with Gasteiger partial charge in [-0.2, -0.15) is 0 Å². The van der Waals surface area contributed by atoms with Gasteiger partial charge in [0.05, 0.1) is 0 Å². The van der Waals surface area contributed by atoms with Crippen LogP contribution in [0.1, 0.15) is 0 Å². The van der Waals surface area contributed by atoms with Crippen LogP contribution in [-0.4, -0.2) is 11.8 Å². The summed E-state index contributed by atoms with van der Waals surface area (Å²) in [6.45, 7) is 0. The quantitative estimate of drug-likeness (QED) is 0.320. The fraction of sp³-hybridized carbons (Fsp3) is 0.333. The van der Waals surface area contributed by atoms with Crippen LogP contribution in [0, 0.1) is 5.75 Å². The summed E-state index contributed by atoms with van der Waals surface area (Å²) in [6, 6.07) is 0. The van der Waals surface area contributed by atoms with E-state index in [0.717, 1.165) is 0 Å². The first kappa shape index (κ1) is 6.97. The van der Waals surface area contributed by atoms with Gasteiger partial charge in [-0.15, -0.1) is 0 Å². The van der Waals surface area contributed by atoms with Crippen LogP contribution in [0.15, 0.2) is 0 Å². The molecule has 0 unspecified atom stereocenters. The number of hydrogen-bond acceptors (Lipinski definition) is 1. The van der Waals surface area contributed by atoms with E-state index in [1.807, 2.05) is 0 Å². The summed E-state index contributed by atoms with van der Waals surface area (Å²) < 4.78 is 0. The molecule has 0 fully saturated rings. The Bertz CT molecular complexity index is 108. The first-order valence-corrected chi connectivity index (χ1v) is 2.53. The molecule has 1 N–H and O–H groups in total. The zero-order valence-corrected chi connectivity index (χ0v) is 5.09. The summed E-state index contributed by atoms with van der Waals surface area (Å²) in [5, 5.41) is 2.14. The molecule has 0 heterocycles. The molecule has 1 amide bonds. The first-order valence-electron chi connectivity index (χ1n) is 1.55. The molecule has 0 aromatic heterocycles. The second kappa shape index (κ2) is 4.14. The van der Waals surface area contributed by atoms with Crippen LogP contribution in [0.5, 0.6) is 0 Å². The summed E-state index contributed by atoms with van der Waals surface area (Å²) in [5.74, 6) is 1.79. The van der Waals surface area contributed by atoms with E-state index in [4.69, 9.17) is 11.6 Å². The standard InChI is InChI=1S/C3H3ClNOP/c4-1-3(6)5-2-7/h1H2,(H,5,6). The number of carbonyl (C=O) groups excluding carboxylic acids is 1. The molecule has 0 aliphatic heterocycles. The van der Waals surface area contributed by atoms with Crippen molar-refractivity contribution in [1.29, 1.82) is 0 Å². The Kier molecular flexibility index (Phi) is 4.12. The van der Waals surface area contributed by atoms with Gasteiger partial charge >= 0.3 is 47.9 Å². The Morgan fingerprint density at radius 3 is 2.71 bits per heavy atom. The Morgan fingerprint density at radius 2 is 2.57 bits per heavy atom. The SMILES string of the molecule is O=C(CCl)NC#P. The second-order valence-corrected chi connectivity index (χ2v) is 1.28. The van der Waals surface area contributed by atoms with Crippen molar-refractivity contribution in [1.82, 2.24) is 5.32 Å². The topological polar surface area (TPSA) is 29.1 Å². The van der Waals surface area contributed by atoms with Crippen molar-refractivity contribution >= 4 is 26.2 Å². The molecule has 0 aliphatic rings. The fourth-order valence-electron chi connectivity index (χ4n) is 0.0958. The molecule has 0 radical (unpaired) electrons. The van der Waals surface area contributed by atoms with Gasteiger partial charge in [0.15, 0.2) is 0 Å². The molecular weight excluding hydrogens is 132 g/mol. The van der Waals surface area contributed by atoms with Gasteiger partial charge in [-0.1, -0.05) is 0 Å². The van der Waals surface area contributed by atoms with Crippen molar-refractivity contribution in [3.63, 3.8) is 0 Å². The summed E-state index contributed by atoms with van der Waals surface area (Å²) in [4.78, 5) is 10.1. The molecule has 7 heavy (non-hydrogen) atoms. The first-order chi connectivity index (χ1) is 3.31. The Balaban J connectivity index is 3.23. The average Bonchev–Trinajstić information content (AvgIpc) is 1.68. The molecular formula is C3H3ClNOP. The van der Waals surface area contributed by atoms with Gasteiger partial charge in [0.25, 0.3) is 0 Å². The molecule has 2 nitrogen and oxygen atoms in total. The van der Waals surface area contributed by atoms with E-state index in [1.165, 1.54) is 0 Å². The van der Waals surface area contributed by atoms with Crippen molar-refractivity contribution in [2.24, 2.45) is 0 Å². The van der Waals surface area contributed by atoms with Crippen molar-refractivity contribution in [2.45, 2.75) is 0 Å². The van der Waals surface area contributed by atoms with Crippen LogP contribution in [0.4, 0.5) is 0 Å². The van der Waals surface area contributed by atoms with E-state index in [-0.39, 0.29) is 11.8 Å². The van der Waals surface area contributed by atoms with Crippen molar-refractivity contribution in [2.75, 3.05) is 5.88 Å². The number of nitrogens with one attached hydrogen (secondary N) is 1. The van der Waals surface area contributed by atoms with Gasteiger partial charge in [-0.25, -0.2) is 0 Å². The third kappa shape index (κ3) is 3.81. The van der Waals surface area contributed by atoms with Crippen LogP contribution < -0.4 is 5.32 Å². The average molecular weight is 135 g/mol. The summed E-state index contributed by atoms with van der Waals surface area (Å²) in [5.41, 5.74) is 0. The predicted octanol–water partition coefficient (Wildman–Crippen LogP) is 0.669. The van der Waals surface area contributed by atoms with Crippen molar-refractivity contribution in [3.05, 3.63) is 0 Å². The molecule has 0 bridgehead atoms. The van der Waals surface area contributed by atoms with Gasteiger partial charge in [-0.05, 0) is 0 Å². The Hall–Kier alpha value is -0.0300. The van der Waals surface area contributed by atoms with Gasteiger partial charge in [-0.3, -0.25) is 0 Å². The minimum absolute atomic E-state index is 0.0481. The van der Waals surface area contributed by atoms with Crippen LogP contribution in [0.3, 0.4) is 0 Å². The van der Waals surface area contributed by atoms with Gasteiger partial charge in [0, 0.05) is 0 Å². The predicted molar refractivity (Wildman–Crippen MR) is 29.7 cm³/mol. The maximum absolute atomic E-state index is 10.1. The zero-order chi connectivity index (χ0) is 5.70. The molecule has 4 heteroatoms. The summed E-state index contributed by atoms with van der Waals surface area (Å²) >= 11 is 5.04. The number of halogens is 1. The maximum atomic E-state index is 10.1. The van der Waals surface area contributed by atoms with E-state index < -0.39 is 0 Å². The van der Waals surface area contributed by atoms with Crippen LogP contribution in [0.2, 0.25) is 0 Å². The van der Waals surface area contributed by atoms with Gasteiger partial charge < -0.3 is 0 Å². The normalized spacial score (nSPS) is 6.86. The molecule has 0 aromatic rings. The number of rotatable bonds is 1. The van der Waals surface area contributed by atoms with E-state index in [1.54, 1.807) is 0 Å². The number of hydrogen-bond donors (Lipinski definition) is 1. The van der Waals surface area contributed by atoms with E-state index in [0.29, 0.717) is 0 Å². The number of alkyl halides is 1. The van der Waals surface area contributed by atoms with Crippen LogP contribution in [-0.2, 0) is 4.79 Å². The van der Waals surface area contributed by atoms with Crippen LogP contribution in [0.25, 0.3) is 0 Å². The van der Waals surface area contributed by atoms with E-state index in [9.17, 15) is 4.79 Å². The number of carbonyl (C=O) groups is 1. The molecule has 0 saturated carbocycles. The molecule has 0 rings (SSSR count).